The number of hydrogen-bond acceptors (Lipinski definition) is 5. The van der Waals surface area contributed by atoms with Crippen molar-refractivity contribution in [1.29, 1.82) is 0 Å². The number of fused-ring (bicyclic) bond motifs is 1. The van der Waals surface area contributed by atoms with Crippen molar-refractivity contribution in [2.24, 2.45) is 0 Å². The van der Waals surface area contributed by atoms with Gasteiger partial charge in [0.15, 0.2) is 5.65 Å². The van der Waals surface area contributed by atoms with Crippen molar-refractivity contribution in [3.63, 3.8) is 0 Å². The minimum absolute atomic E-state index is 0.123. The van der Waals surface area contributed by atoms with Crippen LogP contribution in [0.2, 0.25) is 0 Å². The molecule has 7 heteroatoms. The first-order valence-corrected chi connectivity index (χ1v) is 10.5. The predicted octanol–water partition coefficient (Wildman–Crippen LogP) is 2.85. The summed E-state index contributed by atoms with van der Waals surface area (Å²) in [5.41, 5.74) is 5.72. The third-order valence-corrected chi connectivity index (χ3v) is 5.70. The molecule has 3 heterocycles. The van der Waals surface area contributed by atoms with Crippen LogP contribution in [0.25, 0.3) is 16.9 Å². The van der Waals surface area contributed by atoms with E-state index in [1.165, 1.54) is 12.8 Å². The average molecular weight is 395 g/mol. The van der Waals surface area contributed by atoms with Crippen LogP contribution in [-0.2, 0) is 4.79 Å². The number of allylic oxidation sites excluding steroid dienone is 2. The summed E-state index contributed by atoms with van der Waals surface area (Å²) in [6.45, 7) is 11.6. The van der Waals surface area contributed by atoms with Gasteiger partial charge in [0, 0.05) is 55.3 Å². The van der Waals surface area contributed by atoms with E-state index < -0.39 is 0 Å². The van der Waals surface area contributed by atoms with Gasteiger partial charge in [-0.15, -0.1) is 0 Å². The zero-order valence-electron chi connectivity index (χ0n) is 17.4. The lowest BCUT2D eigenvalue weighted by atomic mass is 10.2. The Kier molecular flexibility index (Phi) is 5.56. The number of carbonyl (C=O) groups is 1. The highest BCUT2D eigenvalue weighted by Gasteiger charge is 2.26. The lowest BCUT2D eigenvalue weighted by molar-refractivity contribution is -0.131. The number of H-pyrrole nitrogens is 1. The van der Waals surface area contributed by atoms with Crippen LogP contribution < -0.4 is 5.32 Å². The number of amides is 1. The lowest BCUT2D eigenvalue weighted by Gasteiger charge is -2.36. The lowest BCUT2D eigenvalue weighted by Crippen LogP contribution is -2.49. The third kappa shape index (κ3) is 4.28. The Hall–Kier alpha value is -2.83. The van der Waals surface area contributed by atoms with Crippen LogP contribution in [0.3, 0.4) is 0 Å². The van der Waals surface area contributed by atoms with Gasteiger partial charge in [-0.25, -0.2) is 9.97 Å². The van der Waals surface area contributed by atoms with E-state index in [9.17, 15) is 4.79 Å². The Morgan fingerprint density at radius 3 is 2.69 bits per heavy atom. The Morgan fingerprint density at radius 2 is 2.03 bits per heavy atom. The summed E-state index contributed by atoms with van der Waals surface area (Å²) in [4.78, 5) is 29.5. The molecule has 0 aromatic carbocycles. The molecule has 29 heavy (non-hydrogen) atoms. The van der Waals surface area contributed by atoms with Crippen LogP contribution in [0.15, 0.2) is 30.7 Å². The number of aromatic nitrogens is 3. The van der Waals surface area contributed by atoms with Crippen molar-refractivity contribution in [3.05, 3.63) is 42.0 Å². The molecule has 1 amide bonds. The minimum Gasteiger partial charge on any atom is -0.376 e. The maximum Gasteiger partial charge on any atom is 0.241 e. The highest BCUT2D eigenvalue weighted by molar-refractivity contribution is 5.88. The van der Waals surface area contributed by atoms with Crippen LogP contribution in [-0.4, -0.2) is 63.4 Å². The topological polar surface area (TPSA) is 77.1 Å². The second-order valence-electron chi connectivity index (χ2n) is 7.95. The van der Waals surface area contributed by atoms with E-state index in [2.05, 4.69) is 39.8 Å². The van der Waals surface area contributed by atoms with Crippen molar-refractivity contribution in [3.8, 4) is 0 Å². The summed E-state index contributed by atoms with van der Waals surface area (Å²) in [5.74, 6) is 0.679. The fourth-order valence-corrected chi connectivity index (χ4v) is 3.79. The zero-order chi connectivity index (χ0) is 20.4. The summed E-state index contributed by atoms with van der Waals surface area (Å²) >= 11 is 0. The second kappa shape index (κ2) is 8.27. The Labute approximate surface area is 171 Å². The Bertz CT molecular complexity index is 934. The van der Waals surface area contributed by atoms with E-state index in [-0.39, 0.29) is 12.5 Å². The van der Waals surface area contributed by atoms with Gasteiger partial charge in [-0.2, -0.15) is 0 Å². The van der Waals surface area contributed by atoms with Crippen LogP contribution in [0, 0.1) is 0 Å². The molecular formula is C22H30N6O. The van der Waals surface area contributed by atoms with E-state index in [1.807, 2.05) is 24.2 Å². The predicted molar refractivity (Wildman–Crippen MR) is 115 cm³/mol. The highest BCUT2D eigenvalue weighted by atomic mass is 16.2. The average Bonchev–Trinajstić information content (AvgIpc) is 3.50. The van der Waals surface area contributed by atoms with E-state index in [1.54, 1.807) is 0 Å². The summed E-state index contributed by atoms with van der Waals surface area (Å²) in [7, 11) is 0. The molecule has 1 aliphatic carbocycles. The summed E-state index contributed by atoms with van der Waals surface area (Å²) in [5, 5.41) is 3.36. The van der Waals surface area contributed by atoms with E-state index in [4.69, 9.17) is 4.98 Å². The SMILES string of the molecule is C=C(C)N1CCN(C(=O)CN/C(=C/CC)c2c[nH]c3ncc(C4CC4)nc23)CC1. The highest BCUT2D eigenvalue weighted by Crippen LogP contribution is 2.39. The molecule has 7 nitrogen and oxygen atoms in total. The van der Waals surface area contributed by atoms with E-state index >= 15 is 0 Å². The number of aromatic amines is 1. The van der Waals surface area contributed by atoms with E-state index in [0.29, 0.717) is 5.92 Å². The molecule has 154 valence electrons. The van der Waals surface area contributed by atoms with Crippen molar-refractivity contribution in [2.75, 3.05) is 32.7 Å². The van der Waals surface area contributed by atoms with Gasteiger partial charge in [-0.1, -0.05) is 19.6 Å². The number of nitrogens with one attached hydrogen (secondary N) is 2. The van der Waals surface area contributed by atoms with Crippen molar-refractivity contribution < 1.29 is 4.79 Å². The quantitative estimate of drug-likeness (QED) is 0.755. The van der Waals surface area contributed by atoms with E-state index in [0.717, 1.165) is 66.4 Å². The molecule has 4 rings (SSSR count). The molecule has 1 aliphatic heterocycles. The van der Waals surface area contributed by atoms with Gasteiger partial charge in [0.05, 0.1) is 18.4 Å². The molecule has 2 aromatic rings. The van der Waals surface area contributed by atoms with Crippen LogP contribution in [0.4, 0.5) is 0 Å². The van der Waals surface area contributed by atoms with Crippen LogP contribution in [0.1, 0.15) is 50.3 Å². The number of nitrogens with zero attached hydrogens (tertiary/aromatic N) is 4. The molecule has 2 aromatic heterocycles. The fourth-order valence-electron chi connectivity index (χ4n) is 3.79. The van der Waals surface area contributed by atoms with Gasteiger partial charge in [0.2, 0.25) is 5.91 Å². The molecule has 0 atom stereocenters. The smallest absolute Gasteiger partial charge is 0.241 e. The standard InChI is InChI=1S/C22H30N6O/c1-4-5-18(23-14-20(29)28-10-8-27(9-11-28)15(2)3)17-12-24-22-21(17)26-19(13-25-22)16-6-7-16/h5,12-13,16,23H,2,4,6-11,14H2,1,3H3,(H,24,25)/b18-5+. The van der Waals surface area contributed by atoms with Crippen molar-refractivity contribution in [2.45, 2.75) is 39.0 Å². The maximum atomic E-state index is 12.7. The Morgan fingerprint density at radius 1 is 1.31 bits per heavy atom. The van der Waals surface area contributed by atoms with Gasteiger partial charge >= 0.3 is 0 Å². The normalized spacial score (nSPS) is 17.7. The van der Waals surface area contributed by atoms with Gasteiger partial charge in [-0.05, 0) is 26.2 Å². The molecule has 0 spiro atoms. The summed E-state index contributed by atoms with van der Waals surface area (Å²) < 4.78 is 0. The number of hydrogen-bond donors (Lipinski definition) is 2. The summed E-state index contributed by atoms with van der Waals surface area (Å²) in [6.07, 6.45) is 9.19. The monoisotopic (exact) mass is 394 g/mol. The largest absolute Gasteiger partial charge is 0.376 e. The second-order valence-corrected chi connectivity index (χ2v) is 7.95. The molecule has 2 fully saturated rings. The molecule has 2 aliphatic rings. The molecular weight excluding hydrogens is 364 g/mol. The summed E-state index contributed by atoms with van der Waals surface area (Å²) in [6, 6.07) is 0. The van der Waals surface area contributed by atoms with Gasteiger partial charge < -0.3 is 20.1 Å². The van der Waals surface area contributed by atoms with Gasteiger partial charge in [0.1, 0.15) is 5.52 Å². The van der Waals surface area contributed by atoms with Crippen molar-refractivity contribution >= 4 is 22.8 Å². The first-order valence-electron chi connectivity index (χ1n) is 10.5. The fraction of sp³-hybridized carbons (Fsp3) is 0.500. The molecule has 0 bridgehead atoms. The maximum absolute atomic E-state index is 12.7. The van der Waals surface area contributed by atoms with Crippen LogP contribution in [0.5, 0.6) is 0 Å². The molecule has 1 saturated carbocycles. The number of rotatable bonds is 7. The molecule has 0 unspecified atom stereocenters. The van der Waals surface area contributed by atoms with Crippen molar-refractivity contribution in [1.82, 2.24) is 30.1 Å². The zero-order valence-corrected chi connectivity index (χ0v) is 17.4. The molecule has 1 saturated heterocycles. The number of carbonyl (C=O) groups excluding carboxylic acids is 1. The first-order chi connectivity index (χ1) is 14.1. The van der Waals surface area contributed by atoms with Gasteiger partial charge in [-0.3, -0.25) is 4.79 Å². The minimum atomic E-state index is 0.123. The third-order valence-electron chi connectivity index (χ3n) is 5.70. The Balaban J connectivity index is 1.44. The molecule has 2 N–H and O–H groups in total. The van der Waals surface area contributed by atoms with Crippen LogP contribution >= 0.6 is 0 Å². The first kappa shape index (κ1) is 19.5. The van der Waals surface area contributed by atoms with Gasteiger partial charge in [0.25, 0.3) is 0 Å². The molecule has 0 radical (unpaired) electrons. The number of piperazine rings is 1.